The van der Waals surface area contributed by atoms with Crippen molar-refractivity contribution in [2.24, 2.45) is 0 Å². The van der Waals surface area contributed by atoms with E-state index in [1.807, 2.05) is 0 Å². The monoisotopic (exact) mass is 278 g/mol. The number of halogens is 2. The number of alkyl halides is 2. The zero-order valence-electron chi connectivity index (χ0n) is 11.2. The van der Waals surface area contributed by atoms with Crippen LogP contribution in [0.4, 0.5) is 13.6 Å². The Bertz CT molecular complexity index is 327. The van der Waals surface area contributed by atoms with E-state index in [2.05, 4.69) is 10.6 Å². The number of carbonyl (C=O) groups is 2. The molecule has 0 bridgehead atoms. The molecule has 1 atom stereocenters. The van der Waals surface area contributed by atoms with Gasteiger partial charge in [0.05, 0.1) is 6.61 Å². The lowest BCUT2D eigenvalue weighted by Gasteiger charge is -2.29. The summed E-state index contributed by atoms with van der Waals surface area (Å²) in [7, 11) is 0. The molecule has 1 aliphatic rings. The molecule has 0 radical (unpaired) electrons. The highest BCUT2D eigenvalue weighted by molar-refractivity contribution is 5.83. The number of esters is 1. The third-order valence-electron chi connectivity index (χ3n) is 3.04. The van der Waals surface area contributed by atoms with Crippen LogP contribution in [-0.2, 0) is 9.53 Å². The predicted octanol–water partition coefficient (Wildman–Crippen LogP) is 1.82. The first-order valence-electron chi connectivity index (χ1n) is 6.45. The number of carbonyl (C=O) groups excluding carboxylic acids is 2. The minimum absolute atomic E-state index is 0.217. The van der Waals surface area contributed by atoms with Gasteiger partial charge >= 0.3 is 12.0 Å². The minimum atomic E-state index is -2.62. The van der Waals surface area contributed by atoms with Gasteiger partial charge in [-0.25, -0.2) is 18.4 Å². The first kappa shape index (κ1) is 15.7. The molecule has 1 saturated carbocycles. The SMILES string of the molecule is CCOC(=O)[C@@H](C)NC(=O)NC1CCC(F)(F)CC1. The smallest absolute Gasteiger partial charge is 0.328 e. The van der Waals surface area contributed by atoms with Crippen LogP contribution in [0.3, 0.4) is 0 Å². The molecule has 0 aromatic rings. The van der Waals surface area contributed by atoms with E-state index >= 15 is 0 Å². The molecule has 1 fully saturated rings. The summed E-state index contributed by atoms with van der Waals surface area (Å²) in [5, 5.41) is 5.01. The van der Waals surface area contributed by atoms with Gasteiger partial charge in [0.1, 0.15) is 6.04 Å². The van der Waals surface area contributed by atoms with Gasteiger partial charge in [-0.05, 0) is 26.7 Å². The molecule has 5 nitrogen and oxygen atoms in total. The molecule has 0 unspecified atom stereocenters. The molecule has 110 valence electrons. The predicted molar refractivity (Wildman–Crippen MR) is 65.0 cm³/mol. The van der Waals surface area contributed by atoms with Crippen molar-refractivity contribution in [1.29, 1.82) is 0 Å². The van der Waals surface area contributed by atoms with Crippen LogP contribution in [0.2, 0.25) is 0 Å². The summed E-state index contributed by atoms with van der Waals surface area (Å²) in [6.45, 7) is 3.42. The molecule has 0 heterocycles. The van der Waals surface area contributed by atoms with Gasteiger partial charge in [0.15, 0.2) is 0 Å². The number of hydrogen-bond donors (Lipinski definition) is 2. The van der Waals surface area contributed by atoms with Gasteiger partial charge < -0.3 is 15.4 Å². The fourth-order valence-electron chi connectivity index (χ4n) is 1.93. The standard InChI is InChI=1S/C12H20F2N2O3/c1-3-19-10(17)8(2)15-11(18)16-9-4-6-12(13,14)7-5-9/h8-9H,3-7H2,1-2H3,(H2,15,16,18)/t8-/m1/s1. The van der Waals surface area contributed by atoms with E-state index in [1.165, 1.54) is 6.92 Å². The molecular formula is C12H20F2N2O3. The highest BCUT2D eigenvalue weighted by Crippen LogP contribution is 2.32. The molecule has 0 aromatic heterocycles. The molecule has 2 amide bonds. The van der Waals surface area contributed by atoms with Crippen LogP contribution in [0.25, 0.3) is 0 Å². The topological polar surface area (TPSA) is 67.4 Å². The van der Waals surface area contributed by atoms with Gasteiger partial charge in [-0.15, -0.1) is 0 Å². The normalized spacial score (nSPS) is 20.4. The zero-order chi connectivity index (χ0) is 14.5. The second-order valence-corrected chi connectivity index (χ2v) is 4.72. The van der Waals surface area contributed by atoms with E-state index in [0.29, 0.717) is 0 Å². The van der Waals surface area contributed by atoms with Crippen molar-refractivity contribution >= 4 is 12.0 Å². The molecule has 19 heavy (non-hydrogen) atoms. The van der Waals surface area contributed by atoms with Crippen LogP contribution in [0, 0.1) is 0 Å². The molecule has 2 N–H and O–H groups in total. The number of urea groups is 1. The molecule has 7 heteroatoms. The van der Waals surface area contributed by atoms with Gasteiger partial charge in [0, 0.05) is 18.9 Å². The Morgan fingerprint density at radius 1 is 1.37 bits per heavy atom. The van der Waals surface area contributed by atoms with E-state index in [-0.39, 0.29) is 38.3 Å². The van der Waals surface area contributed by atoms with Crippen molar-refractivity contribution in [3.63, 3.8) is 0 Å². The maximum atomic E-state index is 12.9. The number of rotatable bonds is 4. The number of amides is 2. The Kier molecular flexibility index (Phi) is 5.50. The van der Waals surface area contributed by atoms with E-state index in [0.717, 1.165) is 0 Å². The lowest BCUT2D eigenvalue weighted by molar-refractivity contribution is -0.144. The molecule has 1 rings (SSSR count). The van der Waals surface area contributed by atoms with Crippen LogP contribution < -0.4 is 10.6 Å². The Morgan fingerprint density at radius 3 is 2.47 bits per heavy atom. The largest absolute Gasteiger partial charge is 0.464 e. The maximum absolute atomic E-state index is 12.9. The van der Waals surface area contributed by atoms with Crippen LogP contribution in [-0.4, -0.2) is 36.6 Å². The van der Waals surface area contributed by atoms with Crippen LogP contribution in [0.5, 0.6) is 0 Å². The highest BCUT2D eigenvalue weighted by atomic mass is 19.3. The van der Waals surface area contributed by atoms with Gasteiger partial charge in [-0.1, -0.05) is 0 Å². The molecule has 0 aromatic carbocycles. The summed E-state index contributed by atoms with van der Waals surface area (Å²) in [5.74, 6) is -3.14. The average molecular weight is 278 g/mol. The summed E-state index contributed by atoms with van der Waals surface area (Å²) < 4.78 is 30.6. The second kappa shape index (κ2) is 6.68. The van der Waals surface area contributed by atoms with Crippen molar-refractivity contribution in [3.05, 3.63) is 0 Å². The molecule has 0 saturated heterocycles. The third kappa shape index (κ3) is 5.40. The third-order valence-corrected chi connectivity index (χ3v) is 3.04. The van der Waals surface area contributed by atoms with E-state index in [9.17, 15) is 18.4 Å². The average Bonchev–Trinajstić information content (AvgIpc) is 2.32. The second-order valence-electron chi connectivity index (χ2n) is 4.72. The van der Waals surface area contributed by atoms with Gasteiger partial charge in [-0.3, -0.25) is 0 Å². The van der Waals surface area contributed by atoms with Crippen molar-refractivity contribution in [2.45, 2.75) is 57.5 Å². The first-order valence-corrected chi connectivity index (χ1v) is 6.45. The van der Waals surface area contributed by atoms with Crippen molar-refractivity contribution in [1.82, 2.24) is 10.6 Å². The molecule has 0 aliphatic heterocycles. The maximum Gasteiger partial charge on any atom is 0.328 e. The fraction of sp³-hybridized carbons (Fsp3) is 0.833. The van der Waals surface area contributed by atoms with E-state index < -0.39 is 24.0 Å². The minimum Gasteiger partial charge on any atom is -0.464 e. The van der Waals surface area contributed by atoms with Crippen molar-refractivity contribution < 1.29 is 23.1 Å². The lowest BCUT2D eigenvalue weighted by atomic mass is 9.92. The Labute approximate surface area is 111 Å². The molecule has 0 spiro atoms. The number of nitrogens with one attached hydrogen (secondary N) is 2. The Hall–Kier alpha value is -1.40. The van der Waals surface area contributed by atoms with Crippen LogP contribution in [0.1, 0.15) is 39.5 Å². The summed E-state index contributed by atoms with van der Waals surface area (Å²) >= 11 is 0. The zero-order valence-corrected chi connectivity index (χ0v) is 11.2. The Balaban J connectivity index is 2.30. The molecular weight excluding hydrogens is 258 g/mol. The summed E-state index contributed by atoms with van der Waals surface area (Å²) in [4.78, 5) is 22.9. The van der Waals surface area contributed by atoms with Crippen molar-refractivity contribution in [3.8, 4) is 0 Å². The van der Waals surface area contributed by atoms with E-state index in [4.69, 9.17) is 4.74 Å². The number of hydrogen-bond acceptors (Lipinski definition) is 3. The fourth-order valence-corrected chi connectivity index (χ4v) is 1.93. The summed E-state index contributed by atoms with van der Waals surface area (Å²) in [6.07, 6.45) is 0.0547. The molecule has 1 aliphatic carbocycles. The van der Waals surface area contributed by atoms with Gasteiger partial charge in [0.25, 0.3) is 0 Å². The lowest BCUT2D eigenvalue weighted by Crippen LogP contribution is -2.49. The van der Waals surface area contributed by atoms with Gasteiger partial charge in [0.2, 0.25) is 5.92 Å². The number of ether oxygens (including phenoxy) is 1. The quantitative estimate of drug-likeness (QED) is 0.771. The van der Waals surface area contributed by atoms with Gasteiger partial charge in [-0.2, -0.15) is 0 Å². The Morgan fingerprint density at radius 2 is 1.95 bits per heavy atom. The summed E-state index contributed by atoms with van der Waals surface area (Å²) in [6, 6.07) is -1.56. The van der Waals surface area contributed by atoms with Crippen LogP contribution >= 0.6 is 0 Å². The van der Waals surface area contributed by atoms with Crippen LogP contribution in [0.15, 0.2) is 0 Å². The first-order chi connectivity index (χ1) is 8.84. The summed E-state index contributed by atoms with van der Waals surface area (Å²) in [5.41, 5.74) is 0. The van der Waals surface area contributed by atoms with E-state index in [1.54, 1.807) is 6.92 Å². The van der Waals surface area contributed by atoms with Crippen molar-refractivity contribution in [2.75, 3.05) is 6.61 Å². The highest BCUT2D eigenvalue weighted by Gasteiger charge is 2.35.